The van der Waals surface area contributed by atoms with E-state index < -0.39 is 0 Å². The summed E-state index contributed by atoms with van der Waals surface area (Å²) in [6.07, 6.45) is 0.739. The van der Waals surface area contributed by atoms with Gasteiger partial charge in [-0.1, -0.05) is 137 Å². The Morgan fingerprint density at radius 2 is 1.15 bits per heavy atom. The average Bonchev–Trinajstić information content (AvgIpc) is 3.43. The third kappa shape index (κ3) is 7.37. The predicted molar refractivity (Wildman–Crippen MR) is 177 cm³/mol. The molecule has 0 bridgehead atoms. The molecule has 0 unspecified atom stereocenters. The van der Waals surface area contributed by atoms with Gasteiger partial charge in [-0.15, -0.1) is 0 Å². The molecule has 0 radical (unpaired) electrons. The number of para-hydroxylation sites is 1. The van der Waals surface area contributed by atoms with Crippen LogP contribution < -0.4 is 0 Å². The zero-order chi connectivity index (χ0) is 28.5. The second-order valence-corrected chi connectivity index (χ2v) is 15.2. The monoisotopic (exact) mass is 698 g/mol. The third-order valence-electron chi connectivity index (χ3n) is 6.93. The van der Waals surface area contributed by atoms with Crippen molar-refractivity contribution in [3.63, 3.8) is 0 Å². The topological polar surface area (TPSA) is 24.7 Å². The number of halogens is 2. The van der Waals surface area contributed by atoms with Crippen LogP contribution in [0.2, 0.25) is 0 Å². The summed E-state index contributed by atoms with van der Waals surface area (Å²) in [6, 6.07) is 38.3. The molecule has 1 heterocycles. The molecule has 0 atom stereocenters. The van der Waals surface area contributed by atoms with Crippen molar-refractivity contribution in [2.24, 2.45) is 9.98 Å². The minimum absolute atomic E-state index is 0.373. The first-order chi connectivity index (χ1) is 19.4. The van der Waals surface area contributed by atoms with Gasteiger partial charge in [-0.2, -0.15) is 0 Å². The van der Waals surface area contributed by atoms with Crippen LogP contribution in [-0.2, 0) is 10.9 Å². The average molecular weight is 701 g/mol. The van der Waals surface area contributed by atoms with E-state index in [0.29, 0.717) is 11.8 Å². The van der Waals surface area contributed by atoms with E-state index in [1.54, 1.807) is 0 Å². The van der Waals surface area contributed by atoms with E-state index in [4.69, 9.17) is 9.98 Å². The van der Waals surface area contributed by atoms with Crippen LogP contribution in [0, 0.1) is 0 Å². The molecule has 1 aliphatic rings. The van der Waals surface area contributed by atoms with Gasteiger partial charge in [0, 0.05) is 17.5 Å². The second kappa shape index (κ2) is 14.9. The van der Waals surface area contributed by atoms with Gasteiger partial charge in [0.05, 0.1) is 22.8 Å². The molecule has 0 aromatic heterocycles. The molecular formula is C35H34Br2N2Ni. The Hall–Kier alpha value is -2.59. The SMILES string of the molecule is CC(C)c1cccc(C(C)C)c1N=C(C1=NC(c2ccccc2)=C(c2ccccc2)C1)c1ccccc1.[Br][Ni][Br]. The van der Waals surface area contributed by atoms with Crippen LogP contribution in [-0.4, -0.2) is 11.4 Å². The van der Waals surface area contributed by atoms with Crippen molar-refractivity contribution in [1.82, 2.24) is 0 Å². The van der Waals surface area contributed by atoms with E-state index in [2.05, 4.69) is 165 Å². The van der Waals surface area contributed by atoms with Gasteiger partial charge in [-0.25, -0.2) is 9.98 Å². The molecular weight excluding hydrogens is 667 g/mol. The molecule has 5 rings (SSSR count). The Balaban J connectivity index is 0.00000118. The van der Waals surface area contributed by atoms with E-state index in [-0.39, 0.29) is 0 Å². The van der Waals surface area contributed by atoms with Gasteiger partial charge in [0.2, 0.25) is 0 Å². The van der Waals surface area contributed by atoms with E-state index in [1.807, 2.05) is 0 Å². The van der Waals surface area contributed by atoms with Crippen LogP contribution in [0.15, 0.2) is 119 Å². The Bertz CT molecular complexity index is 1470. The van der Waals surface area contributed by atoms with Crippen molar-refractivity contribution in [3.05, 3.63) is 137 Å². The maximum absolute atomic E-state index is 5.47. The van der Waals surface area contributed by atoms with Gasteiger partial charge in [-0.05, 0) is 34.1 Å². The molecule has 0 aliphatic carbocycles. The Morgan fingerprint density at radius 1 is 0.675 bits per heavy atom. The molecule has 2 nitrogen and oxygen atoms in total. The van der Waals surface area contributed by atoms with Crippen LogP contribution in [0.4, 0.5) is 5.69 Å². The van der Waals surface area contributed by atoms with Crippen LogP contribution in [0.1, 0.15) is 73.8 Å². The molecule has 0 spiro atoms. The molecule has 0 amide bonds. The van der Waals surface area contributed by atoms with Gasteiger partial charge in [-0.3, -0.25) is 0 Å². The summed E-state index contributed by atoms with van der Waals surface area (Å²) in [6.45, 7) is 8.99. The number of rotatable bonds is 7. The molecule has 0 fully saturated rings. The first kappa shape index (κ1) is 30.4. The van der Waals surface area contributed by atoms with E-state index in [1.165, 1.54) is 33.2 Å². The van der Waals surface area contributed by atoms with E-state index in [9.17, 15) is 0 Å². The molecule has 0 N–H and O–H groups in total. The van der Waals surface area contributed by atoms with Crippen molar-refractivity contribution in [2.75, 3.05) is 0 Å². The maximum atomic E-state index is 5.47. The first-order valence-corrected chi connectivity index (χ1v) is 18.3. The normalized spacial score (nSPS) is 13.5. The molecule has 0 saturated carbocycles. The summed E-state index contributed by atoms with van der Waals surface area (Å²) >= 11 is 6.00. The molecule has 40 heavy (non-hydrogen) atoms. The van der Waals surface area contributed by atoms with Crippen LogP contribution in [0.25, 0.3) is 11.3 Å². The molecule has 4 aromatic carbocycles. The van der Waals surface area contributed by atoms with Crippen molar-refractivity contribution in [3.8, 4) is 0 Å². The summed E-state index contributed by atoms with van der Waals surface area (Å²) in [7, 11) is 1.25. The fourth-order valence-corrected chi connectivity index (χ4v) is 4.99. The van der Waals surface area contributed by atoms with Gasteiger partial charge >= 0.3 is 39.3 Å². The zero-order valence-corrected chi connectivity index (χ0v) is 27.4. The van der Waals surface area contributed by atoms with Crippen molar-refractivity contribution >= 4 is 56.8 Å². The van der Waals surface area contributed by atoms with Crippen molar-refractivity contribution in [1.29, 1.82) is 0 Å². The minimum atomic E-state index is 0.373. The van der Waals surface area contributed by atoms with E-state index >= 15 is 0 Å². The number of nitrogens with zero attached hydrogens (tertiary/aromatic N) is 2. The van der Waals surface area contributed by atoms with Gasteiger partial charge < -0.3 is 0 Å². The summed E-state index contributed by atoms with van der Waals surface area (Å²) in [5.41, 5.74) is 11.3. The van der Waals surface area contributed by atoms with Crippen LogP contribution in [0.3, 0.4) is 0 Å². The second-order valence-electron chi connectivity index (χ2n) is 10.3. The first-order valence-electron chi connectivity index (χ1n) is 13.5. The quantitative estimate of drug-likeness (QED) is 0.135. The fraction of sp³-hybridized carbons (Fsp3) is 0.200. The number of hydrogen-bond donors (Lipinski definition) is 0. The Labute approximate surface area is 259 Å². The molecule has 5 heteroatoms. The number of benzene rings is 4. The summed E-state index contributed by atoms with van der Waals surface area (Å²) < 4.78 is 0. The number of allylic oxidation sites excluding steroid dienone is 1. The van der Waals surface area contributed by atoms with Gasteiger partial charge in [0.15, 0.2) is 0 Å². The zero-order valence-electron chi connectivity index (χ0n) is 23.2. The standard InChI is InChI=1S/C35H34N2.2BrH.Ni/c1-24(2)29-21-14-22-30(25(3)4)35(29)37-34(28-19-12-7-13-20-28)32-23-31(26-15-8-5-9-16-26)33(36-32)27-17-10-6-11-18-27;;;/h5-22,24-25H,23H2,1-4H3;2*1H;/q;;;+2/p-2. The predicted octanol–water partition coefficient (Wildman–Crippen LogP) is 11.2. The van der Waals surface area contributed by atoms with Crippen molar-refractivity contribution in [2.45, 2.75) is 46.0 Å². The number of hydrogen-bond acceptors (Lipinski definition) is 2. The van der Waals surface area contributed by atoms with Gasteiger partial charge in [0.1, 0.15) is 0 Å². The third-order valence-corrected chi connectivity index (χ3v) is 6.93. The van der Waals surface area contributed by atoms with Crippen LogP contribution >= 0.6 is 28.5 Å². The molecule has 208 valence electrons. The molecule has 1 aliphatic heterocycles. The fourth-order valence-electron chi connectivity index (χ4n) is 4.99. The summed E-state index contributed by atoms with van der Waals surface area (Å²) in [4.78, 5) is 10.8. The number of aliphatic imine (C=N–C) groups is 2. The van der Waals surface area contributed by atoms with E-state index in [0.717, 1.165) is 40.4 Å². The Kier molecular flexibility index (Phi) is 11.3. The van der Waals surface area contributed by atoms with Gasteiger partial charge in [0.25, 0.3) is 0 Å². The van der Waals surface area contributed by atoms with Crippen molar-refractivity contribution < 1.29 is 10.9 Å². The summed E-state index contributed by atoms with van der Waals surface area (Å²) in [5.74, 6) is 0.746. The summed E-state index contributed by atoms with van der Waals surface area (Å²) in [5, 5.41) is 0. The van der Waals surface area contributed by atoms with Crippen LogP contribution in [0.5, 0.6) is 0 Å². The molecule has 0 saturated heterocycles. The molecule has 4 aromatic rings. The Morgan fingerprint density at radius 3 is 1.65 bits per heavy atom.